The van der Waals surface area contributed by atoms with Gasteiger partial charge < -0.3 is 9.47 Å². The maximum atomic E-state index is 11.1. The second-order valence-corrected chi connectivity index (χ2v) is 2.81. The highest BCUT2D eigenvalue weighted by Crippen LogP contribution is 2.08. The Morgan fingerprint density at radius 3 is 3.00 bits per heavy atom. The van der Waals surface area contributed by atoms with Crippen LogP contribution in [0.15, 0.2) is 0 Å². The van der Waals surface area contributed by atoms with Gasteiger partial charge in [0.25, 0.3) is 5.91 Å². The van der Waals surface area contributed by atoms with Gasteiger partial charge in [0.15, 0.2) is 0 Å². The Morgan fingerprint density at radius 1 is 1.75 bits per heavy atom. The average molecular weight is 173 g/mol. The van der Waals surface area contributed by atoms with E-state index in [9.17, 15) is 4.79 Å². The van der Waals surface area contributed by atoms with Crippen LogP contribution < -0.4 is 0 Å². The molecule has 4 nitrogen and oxygen atoms in total. The molecule has 1 aliphatic heterocycles. The Labute approximate surface area is 72.4 Å². The van der Waals surface area contributed by atoms with Crippen LogP contribution >= 0.6 is 0 Å². The second-order valence-electron chi connectivity index (χ2n) is 2.81. The summed E-state index contributed by atoms with van der Waals surface area (Å²) in [7, 11) is 0. The summed E-state index contributed by atoms with van der Waals surface area (Å²) in [6.45, 7) is 5.14. The van der Waals surface area contributed by atoms with E-state index in [1.165, 1.54) is 0 Å². The van der Waals surface area contributed by atoms with E-state index >= 15 is 0 Å². The van der Waals surface area contributed by atoms with Crippen LogP contribution in [0.3, 0.4) is 0 Å². The predicted octanol–water partition coefficient (Wildman–Crippen LogP) is 0.575. The zero-order chi connectivity index (χ0) is 8.97. The van der Waals surface area contributed by atoms with E-state index in [4.69, 9.17) is 9.47 Å². The van der Waals surface area contributed by atoms with Gasteiger partial charge in [0.05, 0.1) is 0 Å². The van der Waals surface area contributed by atoms with Crippen LogP contribution in [-0.4, -0.2) is 37.0 Å². The number of nitrogens with zero attached hydrogens (tertiary/aromatic N) is 1. The van der Waals surface area contributed by atoms with Crippen molar-refractivity contribution in [2.45, 2.75) is 26.5 Å². The Balaban J connectivity index is 2.30. The van der Waals surface area contributed by atoms with Crippen molar-refractivity contribution in [3.8, 4) is 0 Å². The van der Waals surface area contributed by atoms with Gasteiger partial charge in [0.2, 0.25) is 0 Å². The molecule has 70 valence electrons. The molecule has 1 saturated heterocycles. The highest BCUT2D eigenvalue weighted by atomic mass is 16.5. The molecular formula is C8H15NO3. The minimum atomic E-state index is -0.153. The molecule has 1 atom stereocenters. The quantitative estimate of drug-likeness (QED) is 0.624. The van der Waals surface area contributed by atoms with E-state index in [1.54, 1.807) is 4.90 Å². The van der Waals surface area contributed by atoms with Crippen molar-refractivity contribution in [1.29, 1.82) is 0 Å². The zero-order valence-corrected chi connectivity index (χ0v) is 7.58. The van der Waals surface area contributed by atoms with Crippen LogP contribution in [0.4, 0.5) is 0 Å². The molecule has 0 bridgehead atoms. The van der Waals surface area contributed by atoms with Crippen molar-refractivity contribution in [2.75, 3.05) is 19.9 Å². The lowest BCUT2D eigenvalue weighted by molar-refractivity contribution is -0.138. The van der Waals surface area contributed by atoms with Crippen molar-refractivity contribution in [2.24, 2.45) is 0 Å². The fourth-order valence-corrected chi connectivity index (χ4v) is 1.07. The molecule has 1 aliphatic rings. The lowest BCUT2D eigenvalue weighted by Gasteiger charge is -2.22. The lowest BCUT2D eigenvalue weighted by Crippen LogP contribution is -2.36. The van der Waals surface area contributed by atoms with Gasteiger partial charge in [0, 0.05) is 6.61 Å². The van der Waals surface area contributed by atoms with Gasteiger partial charge in [-0.2, -0.15) is 0 Å². The number of hydrogen-bond donors (Lipinski definition) is 0. The molecule has 1 heterocycles. The van der Waals surface area contributed by atoms with Crippen LogP contribution in [0.1, 0.15) is 20.3 Å². The first-order chi connectivity index (χ1) is 5.75. The van der Waals surface area contributed by atoms with Gasteiger partial charge in [-0.05, 0) is 13.3 Å². The molecule has 0 aliphatic carbocycles. The molecule has 0 radical (unpaired) electrons. The Bertz CT molecular complexity index is 160. The highest BCUT2D eigenvalue weighted by Gasteiger charge is 2.25. The fraction of sp³-hybridized carbons (Fsp3) is 0.875. The summed E-state index contributed by atoms with van der Waals surface area (Å²) >= 11 is 0. The molecular weight excluding hydrogens is 158 g/mol. The number of hydrogen-bond acceptors (Lipinski definition) is 3. The molecule has 4 heteroatoms. The first kappa shape index (κ1) is 9.48. The highest BCUT2D eigenvalue weighted by molar-refractivity contribution is 5.78. The Morgan fingerprint density at radius 2 is 2.50 bits per heavy atom. The van der Waals surface area contributed by atoms with Crippen LogP contribution in [0.5, 0.6) is 0 Å². The number of carbonyl (C=O) groups is 1. The van der Waals surface area contributed by atoms with Crippen LogP contribution in [-0.2, 0) is 14.3 Å². The summed E-state index contributed by atoms with van der Waals surface area (Å²) in [5.41, 5.74) is 0. The topological polar surface area (TPSA) is 38.8 Å². The van der Waals surface area contributed by atoms with Gasteiger partial charge in [-0.3, -0.25) is 9.69 Å². The zero-order valence-electron chi connectivity index (χ0n) is 7.58. The van der Waals surface area contributed by atoms with Gasteiger partial charge >= 0.3 is 0 Å². The van der Waals surface area contributed by atoms with Crippen molar-refractivity contribution < 1.29 is 14.3 Å². The number of ether oxygens (including phenoxy) is 2. The largest absolute Gasteiger partial charge is 0.359 e. The second kappa shape index (κ2) is 4.42. The minimum Gasteiger partial charge on any atom is -0.359 e. The van der Waals surface area contributed by atoms with E-state index in [0.717, 1.165) is 6.42 Å². The molecule has 0 spiro atoms. The first-order valence-electron chi connectivity index (χ1n) is 4.24. The van der Waals surface area contributed by atoms with Crippen LogP contribution in [0.2, 0.25) is 0 Å². The summed E-state index contributed by atoms with van der Waals surface area (Å²) < 4.78 is 10.3. The number of amides is 1. The predicted molar refractivity (Wildman–Crippen MR) is 43.4 cm³/mol. The standard InChI is InChI=1S/C8H15NO3/c1-3-4-12-7(2)9-6-11-5-8(9)10/h7H,3-6H2,1-2H3. The maximum absolute atomic E-state index is 11.1. The molecule has 1 unspecified atom stereocenters. The summed E-state index contributed by atoms with van der Waals surface area (Å²) in [6.07, 6.45) is 0.813. The Hall–Kier alpha value is -0.610. The van der Waals surface area contributed by atoms with E-state index < -0.39 is 0 Å². The molecule has 12 heavy (non-hydrogen) atoms. The van der Waals surface area contributed by atoms with E-state index in [2.05, 4.69) is 0 Å². The normalized spacial score (nSPS) is 20.2. The van der Waals surface area contributed by atoms with Gasteiger partial charge in [-0.1, -0.05) is 6.92 Å². The summed E-state index contributed by atoms with van der Waals surface area (Å²) in [4.78, 5) is 12.7. The van der Waals surface area contributed by atoms with Gasteiger partial charge in [-0.25, -0.2) is 0 Å². The van der Waals surface area contributed by atoms with E-state index in [0.29, 0.717) is 13.3 Å². The molecule has 1 fully saturated rings. The number of rotatable bonds is 4. The first-order valence-corrected chi connectivity index (χ1v) is 4.24. The summed E-state index contributed by atoms with van der Waals surface area (Å²) in [6, 6.07) is 0. The molecule has 0 N–H and O–H groups in total. The summed E-state index contributed by atoms with van der Waals surface area (Å²) in [5, 5.41) is 0. The average Bonchev–Trinajstić information content (AvgIpc) is 2.47. The van der Waals surface area contributed by atoms with Crippen molar-refractivity contribution in [3.05, 3.63) is 0 Å². The molecule has 0 aromatic carbocycles. The molecule has 0 aromatic heterocycles. The smallest absolute Gasteiger partial charge is 0.252 e. The van der Waals surface area contributed by atoms with Gasteiger partial charge in [0.1, 0.15) is 19.6 Å². The van der Waals surface area contributed by atoms with Crippen LogP contribution in [0.25, 0.3) is 0 Å². The van der Waals surface area contributed by atoms with Crippen LogP contribution in [0, 0.1) is 0 Å². The van der Waals surface area contributed by atoms with Crippen molar-refractivity contribution in [1.82, 2.24) is 4.90 Å². The SMILES string of the molecule is CCCOC(C)N1COCC1=O. The third-order valence-electron chi connectivity index (χ3n) is 1.78. The molecule has 1 rings (SSSR count). The summed E-state index contributed by atoms with van der Waals surface area (Å²) in [5.74, 6) is 0.0126. The minimum absolute atomic E-state index is 0.0126. The third kappa shape index (κ3) is 2.19. The van der Waals surface area contributed by atoms with E-state index in [1.807, 2.05) is 13.8 Å². The lowest BCUT2D eigenvalue weighted by atomic mass is 10.5. The number of carbonyl (C=O) groups excluding carboxylic acids is 1. The third-order valence-corrected chi connectivity index (χ3v) is 1.78. The Kier molecular flexibility index (Phi) is 3.49. The fourth-order valence-electron chi connectivity index (χ4n) is 1.07. The van der Waals surface area contributed by atoms with Crippen molar-refractivity contribution in [3.63, 3.8) is 0 Å². The van der Waals surface area contributed by atoms with Crippen molar-refractivity contribution >= 4 is 5.91 Å². The van der Waals surface area contributed by atoms with Gasteiger partial charge in [-0.15, -0.1) is 0 Å². The molecule has 1 amide bonds. The monoisotopic (exact) mass is 173 g/mol. The maximum Gasteiger partial charge on any atom is 0.252 e. The van der Waals surface area contributed by atoms with E-state index in [-0.39, 0.29) is 18.7 Å². The molecule has 0 aromatic rings. The molecule has 0 saturated carbocycles.